The Bertz CT molecular complexity index is 725. The summed E-state index contributed by atoms with van der Waals surface area (Å²) in [7, 11) is -1.58. The second kappa shape index (κ2) is 5.42. The summed E-state index contributed by atoms with van der Waals surface area (Å²) >= 11 is 0. The molecular formula is C15H19NO3S. The number of methoxy groups -OCH3 is 1. The van der Waals surface area contributed by atoms with Crippen LogP contribution in [-0.4, -0.2) is 27.0 Å². The molecule has 0 fully saturated rings. The van der Waals surface area contributed by atoms with E-state index in [-0.39, 0.29) is 0 Å². The zero-order valence-corrected chi connectivity index (χ0v) is 12.6. The van der Waals surface area contributed by atoms with Crippen LogP contribution in [0.15, 0.2) is 36.4 Å². The molecule has 2 atom stereocenters. The Labute approximate surface area is 119 Å². The van der Waals surface area contributed by atoms with Gasteiger partial charge in [-0.05, 0) is 23.9 Å². The molecule has 0 aliphatic rings. The van der Waals surface area contributed by atoms with Crippen molar-refractivity contribution in [2.75, 3.05) is 13.4 Å². The van der Waals surface area contributed by atoms with Gasteiger partial charge in [-0.15, -0.1) is 0 Å². The highest BCUT2D eigenvalue weighted by Crippen LogP contribution is 2.32. The molecule has 2 rings (SSSR count). The van der Waals surface area contributed by atoms with Crippen LogP contribution in [0.1, 0.15) is 18.5 Å². The number of benzene rings is 2. The van der Waals surface area contributed by atoms with Crippen molar-refractivity contribution >= 4 is 20.6 Å². The molecule has 0 spiro atoms. The molecule has 0 aliphatic carbocycles. The maximum absolute atomic E-state index is 11.7. The van der Waals surface area contributed by atoms with Gasteiger partial charge in [0.05, 0.1) is 12.4 Å². The van der Waals surface area contributed by atoms with E-state index in [1.165, 1.54) is 6.26 Å². The normalized spacial score (nSPS) is 15.0. The van der Waals surface area contributed by atoms with Crippen LogP contribution in [0, 0.1) is 0 Å². The number of hydrogen-bond donors (Lipinski definition) is 1. The first-order valence-corrected chi connectivity index (χ1v) is 8.31. The monoisotopic (exact) mass is 293 g/mol. The Kier molecular flexibility index (Phi) is 4.01. The predicted molar refractivity (Wildman–Crippen MR) is 81.7 cm³/mol. The van der Waals surface area contributed by atoms with Gasteiger partial charge in [0.2, 0.25) is 0 Å². The molecule has 2 aromatic rings. The van der Waals surface area contributed by atoms with E-state index < -0.39 is 21.1 Å². The third kappa shape index (κ3) is 2.64. The summed E-state index contributed by atoms with van der Waals surface area (Å²) < 4.78 is 28.7. The van der Waals surface area contributed by atoms with Crippen LogP contribution in [0.25, 0.3) is 10.8 Å². The summed E-state index contributed by atoms with van der Waals surface area (Å²) in [5.41, 5.74) is 6.98. The van der Waals surface area contributed by atoms with Crippen molar-refractivity contribution in [1.29, 1.82) is 0 Å². The molecule has 0 bridgehead atoms. The molecular weight excluding hydrogens is 274 g/mol. The van der Waals surface area contributed by atoms with Crippen molar-refractivity contribution < 1.29 is 13.2 Å². The number of ether oxygens (including phenoxy) is 1. The van der Waals surface area contributed by atoms with Gasteiger partial charge in [-0.2, -0.15) is 0 Å². The molecule has 0 radical (unpaired) electrons. The summed E-state index contributed by atoms with van der Waals surface area (Å²) in [5.74, 6) is 0.753. The molecule has 108 valence electrons. The molecule has 0 saturated heterocycles. The number of sulfone groups is 1. The van der Waals surface area contributed by atoms with E-state index >= 15 is 0 Å². The summed E-state index contributed by atoms with van der Waals surface area (Å²) in [6.45, 7) is 1.64. The summed E-state index contributed by atoms with van der Waals surface area (Å²) in [6, 6.07) is 10.8. The van der Waals surface area contributed by atoms with Crippen molar-refractivity contribution in [1.82, 2.24) is 0 Å². The van der Waals surface area contributed by atoms with E-state index in [1.54, 1.807) is 14.0 Å². The molecule has 0 amide bonds. The Morgan fingerprint density at radius 1 is 1.10 bits per heavy atom. The highest BCUT2D eigenvalue weighted by molar-refractivity contribution is 7.91. The minimum Gasteiger partial charge on any atom is -0.496 e. The lowest BCUT2D eigenvalue weighted by Gasteiger charge is -2.21. The third-order valence-corrected chi connectivity index (χ3v) is 5.32. The summed E-state index contributed by atoms with van der Waals surface area (Å²) in [6.07, 6.45) is 1.21. The Morgan fingerprint density at radius 2 is 1.70 bits per heavy atom. The molecule has 2 aromatic carbocycles. The van der Waals surface area contributed by atoms with Gasteiger partial charge in [0.1, 0.15) is 5.75 Å². The molecule has 20 heavy (non-hydrogen) atoms. The Hall–Kier alpha value is -1.59. The van der Waals surface area contributed by atoms with Gasteiger partial charge in [-0.25, -0.2) is 8.42 Å². The highest BCUT2D eigenvalue weighted by Gasteiger charge is 2.25. The van der Waals surface area contributed by atoms with Gasteiger partial charge < -0.3 is 10.5 Å². The SMILES string of the molecule is COc1ccc(C(N)C(C)S(C)(=O)=O)c2ccccc12. The molecule has 2 N–H and O–H groups in total. The molecule has 0 aliphatic heterocycles. The molecule has 5 heteroatoms. The molecule has 4 nitrogen and oxygen atoms in total. The van der Waals surface area contributed by atoms with Crippen molar-refractivity contribution in [3.8, 4) is 5.75 Å². The average Bonchev–Trinajstić information content (AvgIpc) is 2.43. The lowest BCUT2D eigenvalue weighted by molar-refractivity contribution is 0.419. The number of hydrogen-bond acceptors (Lipinski definition) is 4. The Balaban J connectivity index is 2.61. The van der Waals surface area contributed by atoms with E-state index in [0.717, 1.165) is 22.1 Å². The molecule has 2 unspecified atom stereocenters. The fourth-order valence-electron chi connectivity index (χ4n) is 2.28. The number of fused-ring (bicyclic) bond motifs is 1. The largest absolute Gasteiger partial charge is 0.496 e. The minimum absolute atomic E-state index is 0.569. The third-order valence-electron chi connectivity index (χ3n) is 3.68. The number of nitrogens with two attached hydrogens (primary N) is 1. The van der Waals surface area contributed by atoms with Crippen molar-refractivity contribution in [3.63, 3.8) is 0 Å². The van der Waals surface area contributed by atoms with Crippen LogP contribution in [-0.2, 0) is 9.84 Å². The topological polar surface area (TPSA) is 69.4 Å². The maximum Gasteiger partial charge on any atom is 0.151 e. The standard InChI is InChI=1S/C15H19NO3S/c1-10(20(3,17)18)15(16)13-8-9-14(19-2)12-7-5-4-6-11(12)13/h4-10,15H,16H2,1-3H3. The second-order valence-electron chi connectivity index (χ2n) is 4.96. The lowest BCUT2D eigenvalue weighted by Crippen LogP contribution is -2.30. The minimum atomic E-state index is -3.19. The van der Waals surface area contributed by atoms with Gasteiger partial charge in [0.15, 0.2) is 9.84 Å². The van der Waals surface area contributed by atoms with E-state index in [1.807, 2.05) is 36.4 Å². The van der Waals surface area contributed by atoms with Crippen LogP contribution in [0.5, 0.6) is 5.75 Å². The predicted octanol–water partition coefficient (Wildman–Crippen LogP) is 2.28. The van der Waals surface area contributed by atoms with E-state index in [9.17, 15) is 8.42 Å². The average molecular weight is 293 g/mol. The van der Waals surface area contributed by atoms with Crippen LogP contribution >= 0.6 is 0 Å². The zero-order valence-electron chi connectivity index (χ0n) is 11.8. The first-order chi connectivity index (χ1) is 9.36. The van der Waals surface area contributed by atoms with E-state index in [0.29, 0.717) is 0 Å². The maximum atomic E-state index is 11.7. The van der Waals surface area contributed by atoms with Gasteiger partial charge in [0.25, 0.3) is 0 Å². The first-order valence-electron chi connectivity index (χ1n) is 6.36. The van der Waals surface area contributed by atoms with E-state index in [4.69, 9.17) is 10.5 Å². The van der Waals surface area contributed by atoms with Gasteiger partial charge in [-0.3, -0.25) is 0 Å². The zero-order chi connectivity index (χ0) is 14.9. The van der Waals surface area contributed by atoms with Crippen LogP contribution in [0.2, 0.25) is 0 Å². The smallest absolute Gasteiger partial charge is 0.151 e. The summed E-state index contributed by atoms with van der Waals surface area (Å²) in [5, 5.41) is 1.22. The molecule has 0 saturated carbocycles. The van der Waals surface area contributed by atoms with Crippen LogP contribution < -0.4 is 10.5 Å². The highest BCUT2D eigenvalue weighted by atomic mass is 32.2. The number of rotatable bonds is 4. The van der Waals surface area contributed by atoms with Gasteiger partial charge >= 0.3 is 0 Å². The van der Waals surface area contributed by atoms with Crippen molar-refractivity contribution in [3.05, 3.63) is 42.0 Å². The van der Waals surface area contributed by atoms with Crippen molar-refractivity contribution in [2.24, 2.45) is 5.73 Å². The Morgan fingerprint density at radius 3 is 2.25 bits per heavy atom. The second-order valence-corrected chi connectivity index (χ2v) is 7.37. The van der Waals surface area contributed by atoms with E-state index in [2.05, 4.69) is 0 Å². The fraction of sp³-hybridized carbons (Fsp3) is 0.333. The van der Waals surface area contributed by atoms with Gasteiger partial charge in [0, 0.05) is 17.7 Å². The lowest BCUT2D eigenvalue weighted by atomic mass is 9.97. The van der Waals surface area contributed by atoms with Crippen LogP contribution in [0.4, 0.5) is 0 Å². The van der Waals surface area contributed by atoms with Gasteiger partial charge in [-0.1, -0.05) is 30.3 Å². The summed E-state index contributed by atoms with van der Waals surface area (Å²) in [4.78, 5) is 0. The van der Waals surface area contributed by atoms with Crippen molar-refractivity contribution in [2.45, 2.75) is 18.2 Å². The quantitative estimate of drug-likeness (QED) is 0.939. The molecule has 0 aromatic heterocycles. The van der Waals surface area contributed by atoms with Crippen LogP contribution in [0.3, 0.4) is 0 Å². The fourth-order valence-corrected chi connectivity index (χ4v) is 2.96. The first kappa shape index (κ1) is 14.8. The molecule has 0 heterocycles.